The summed E-state index contributed by atoms with van der Waals surface area (Å²) in [6.07, 6.45) is 2.86. The lowest BCUT2D eigenvalue weighted by Crippen LogP contribution is -2.57. The van der Waals surface area contributed by atoms with Crippen LogP contribution in [0.3, 0.4) is 0 Å². The molecule has 140 valence electrons. The molecule has 7 heteroatoms. The van der Waals surface area contributed by atoms with Crippen LogP contribution in [0.5, 0.6) is 0 Å². The maximum absolute atomic E-state index is 13.9. The zero-order chi connectivity index (χ0) is 18.7. The Morgan fingerprint density at radius 3 is 2.81 bits per heavy atom. The van der Waals surface area contributed by atoms with Crippen LogP contribution in [0, 0.1) is 12.7 Å². The summed E-state index contributed by atoms with van der Waals surface area (Å²) in [6.45, 7) is 3.36. The molecule has 2 N–H and O–H groups in total. The van der Waals surface area contributed by atoms with Crippen molar-refractivity contribution in [1.29, 1.82) is 0 Å². The fourth-order valence-electron chi connectivity index (χ4n) is 3.33. The monoisotopic (exact) mass is 360 g/mol. The van der Waals surface area contributed by atoms with Crippen LogP contribution < -0.4 is 5.32 Å². The van der Waals surface area contributed by atoms with Gasteiger partial charge in [-0.1, -0.05) is 18.2 Å². The molecule has 0 aliphatic carbocycles. The number of carbonyl (C=O) groups excluding carboxylic acids is 1. The van der Waals surface area contributed by atoms with Gasteiger partial charge in [-0.3, -0.25) is 9.48 Å². The molecule has 1 saturated heterocycles. The molecule has 1 aliphatic heterocycles. The Labute approximate surface area is 152 Å². The zero-order valence-corrected chi connectivity index (χ0v) is 15.2. The van der Waals surface area contributed by atoms with E-state index in [9.17, 15) is 14.3 Å². The van der Waals surface area contributed by atoms with Crippen LogP contribution >= 0.6 is 0 Å². The number of halogens is 1. The molecule has 1 aromatic heterocycles. The highest BCUT2D eigenvalue weighted by Crippen LogP contribution is 2.24. The number of rotatable bonds is 6. The van der Waals surface area contributed by atoms with Crippen LogP contribution in [0.4, 0.5) is 4.39 Å². The number of aromatic nitrogens is 2. The van der Waals surface area contributed by atoms with Crippen molar-refractivity contribution in [1.82, 2.24) is 20.0 Å². The second-order valence-electron chi connectivity index (χ2n) is 6.94. The Kier molecular flexibility index (Phi) is 5.38. The van der Waals surface area contributed by atoms with Crippen molar-refractivity contribution in [2.24, 2.45) is 7.05 Å². The van der Waals surface area contributed by atoms with Crippen molar-refractivity contribution in [3.8, 4) is 0 Å². The third-order valence-electron chi connectivity index (χ3n) is 5.09. The fourth-order valence-corrected chi connectivity index (χ4v) is 3.33. The third-order valence-corrected chi connectivity index (χ3v) is 5.09. The van der Waals surface area contributed by atoms with Crippen LogP contribution in [0.25, 0.3) is 0 Å². The SMILES string of the molecule is Cc1c(CNC[C@@]2(O)CCCN(Cc3ccccc3F)C2=O)cnn1C. The fraction of sp³-hybridized carbons (Fsp3) is 0.474. The summed E-state index contributed by atoms with van der Waals surface area (Å²) in [6, 6.07) is 6.42. The van der Waals surface area contributed by atoms with Crippen molar-refractivity contribution >= 4 is 5.91 Å². The number of amides is 1. The second-order valence-corrected chi connectivity index (χ2v) is 6.94. The van der Waals surface area contributed by atoms with Crippen molar-refractivity contribution in [3.63, 3.8) is 0 Å². The lowest BCUT2D eigenvalue weighted by molar-refractivity contribution is -0.157. The highest BCUT2D eigenvalue weighted by atomic mass is 19.1. The van der Waals surface area contributed by atoms with E-state index in [-0.39, 0.29) is 24.8 Å². The minimum absolute atomic E-state index is 0.161. The number of hydrogen-bond acceptors (Lipinski definition) is 4. The van der Waals surface area contributed by atoms with Crippen molar-refractivity contribution in [2.75, 3.05) is 13.1 Å². The molecule has 1 amide bonds. The standard InChI is InChI=1S/C19H25FN4O2/c1-14-16(11-22-23(14)2)10-21-13-19(26)8-5-9-24(18(19)25)12-15-6-3-4-7-17(15)20/h3-4,6-7,11,21,26H,5,8-10,12-13H2,1-2H3/t19-/m0/s1. The first-order valence-corrected chi connectivity index (χ1v) is 8.84. The van der Waals surface area contributed by atoms with Crippen molar-refractivity contribution in [3.05, 3.63) is 53.1 Å². The third kappa shape index (κ3) is 3.78. The van der Waals surface area contributed by atoms with E-state index < -0.39 is 5.60 Å². The molecule has 1 fully saturated rings. The van der Waals surface area contributed by atoms with Gasteiger partial charge in [0.1, 0.15) is 5.82 Å². The van der Waals surface area contributed by atoms with Crippen LogP contribution in [0.15, 0.2) is 30.5 Å². The van der Waals surface area contributed by atoms with E-state index in [2.05, 4.69) is 10.4 Å². The van der Waals surface area contributed by atoms with Gasteiger partial charge in [-0.15, -0.1) is 0 Å². The van der Waals surface area contributed by atoms with E-state index in [1.165, 1.54) is 6.07 Å². The lowest BCUT2D eigenvalue weighted by Gasteiger charge is -2.38. The number of nitrogens with one attached hydrogen (secondary N) is 1. The molecule has 1 atom stereocenters. The van der Waals surface area contributed by atoms with Crippen LogP contribution in [0.2, 0.25) is 0 Å². The summed E-state index contributed by atoms with van der Waals surface area (Å²) in [4.78, 5) is 14.3. The molecule has 2 aromatic rings. The minimum Gasteiger partial charge on any atom is -0.379 e. The van der Waals surface area contributed by atoms with Gasteiger partial charge in [0.2, 0.25) is 0 Å². The number of aryl methyl sites for hydroxylation is 1. The molecule has 0 bridgehead atoms. The number of likely N-dealkylation sites (tertiary alicyclic amines) is 1. The summed E-state index contributed by atoms with van der Waals surface area (Å²) in [7, 11) is 1.87. The van der Waals surface area contributed by atoms with Gasteiger partial charge in [0.25, 0.3) is 5.91 Å². The number of aliphatic hydroxyl groups is 1. The Morgan fingerprint density at radius 2 is 2.12 bits per heavy atom. The molecule has 1 aliphatic rings. The van der Waals surface area contributed by atoms with Gasteiger partial charge in [-0.2, -0.15) is 5.10 Å². The first-order valence-electron chi connectivity index (χ1n) is 8.84. The van der Waals surface area contributed by atoms with Gasteiger partial charge >= 0.3 is 0 Å². The maximum Gasteiger partial charge on any atom is 0.256 e. The number of benzene rings is 1. The number of piperidine rings is 1. The molecule has 0 radical (unpaired) electrons. The maximum atomic E-state index is 13.9. The summed E-state index contributed by atoms with van der Waals surface area (Å²) in [5, 5.41) is 18.2. The highest BCUT2D eigenvalue weighted by Gasteiger charge is 2.41. The zero-order valence-electron chi connectivity index (χ0n) is 15.2. The average Bonchev–Trinajstić information content (AvgIpc) is 2.93. The summed E-state index contributed by atoms with van der Waals surface area (Å²) in [5.41, 5.74) is 1.08. The molecule has 0 spiro atoms. The number of hydrogen-bond donors (Lipinski definition) is 2. The van der Waals surface area contributed by atoms with Crippen molar-refractivity contribution in [2.45, 2.75) is 38.5 Å². The molecule has 6 nitrogen and oxygen atoms in total. The van der Waals surface area contributed by atoms with E-state index in [1.54, 1.807) is 34.0 Å². The molecule has 26 heavy (non-hydrogen) atoms. The summed E-state index contributed by atoms with van der Waals surface area (Å²) < 4.78 is 15.7. The average molecular weight is 360 g/mol. The van der Waals surface area contributed by atoms with Gasteiger partial charge in [-0.25, -0.2) is 4.39 Å². The Bertz CT molecular complexity index is 792. The van der Waals surface area contributed by atoms with E-state index in [0.29, 0.717) is 31.5 Å². The summed E-state index contributed by atoms with van der Waals surface area (Å²) in [5.74, 6) is -0.679. The van der Waals surface area contributed by atoms with E-state index in [4.69, 9.17) is 0 Å². The van der Waals surface area contributed by atoms with Crippen LogP contribution in [-0.2, 0) is 24.9 Å². The first kappa shape index (κ1) is 18.5. The molecular weight excluding hydrogens is 335 g/mol. The van der Waals surface area contributed by atoms with Crippen LogP contribution in [-0.4, -0.2) is 44.4 Å². The Balaban J connectivity index is 1.62. The second kappa shape index (κ2) is 7.55. The topological polar surface area (TPSA) is 70.4 Å². The Morgan fingerprint density at radius 1 is 1.35 bits per heavy atom. The minimum atomic E-state index is -1.46. The van der Waals surface area contributed by atoms with E-state index in [1.807, 2.05) is 14.0 Å². The van der Waals surface area contributed by atoms with Gasteiger partial charge in [0.15, 0.2) is 5.60 Å². The van der Waals surface area contributed by atoms with Gasteiger partial charge in [0.05, 0.1) is 6.20 Å². The van der Waals surface area contributed by atoms with Gasteiger partial charge in [-0.05, 0) is 25.8 Å². The van der Waals surface area contributed by atoms with Crippen molar-refractivity contribution < 1.29 is 14.3 Å². The molecule has 3 rings (SSSR count). The molecule has 0 unspecified atom stereocenters. The van der Waals surface area contributed by atoms with Gasteiger partial charge < -0.3 is 15.3 Å². The highest BCUT2D eigenvalue weighted by molar-refractivity contribution is 5.86. The molecule has 0 saturated carbocycles. The lowest BCUT2D eigenvalue weighted by atomic mass is 9.91. The Hall–Kier alpha value is -2.25. The smallest absolute Gasteiger partial charge is 0.256 e. The molecule has 2 heterocycles. The first-order chi connectivity index (χ1) is 12.4. The number of carbonyl (C=O) groups is 1. The van der Waals surface area contributed by atoms with Crippen LogP contribution in [0.1, 0.15) is 29.7 Å². The van der Waals surface area contributed by atoms with Gasteiger partial charge in [0, 0.05) is 50.0 Å². The van der Waals surface area contributed by atoms with E-state index >= 15 is 0 Å². The largest absolute Gasteiger partial charge is 0.379 e. The number of nitrogens with zero attached hydrogens (tertiary/aromatic N) is 3. The summed E-state index contributed by atoms with van der Waals surface area (Å²) >= 11 is 0. The predicted molar refractivity (Wildman–Crippen MR) is 95.7 cm³/mol. The molecular formula is C19H25FN4O2. The predicted octanol–water partition coefficient (Wildman–Crippen LogP) is 1.51. The van der Waals surface area contributed by atoms with E-state index in [0.717, 1.165) is 11.3 Å². The molecule has 1 aromatic carbocycles. The normalized spacial score (nSPS) is 20.6. The quantitative estimate of drug-likeness (QED) is 0.819.